The van der Waals surface area contributed by atoms with E-state index in [0.29, 0.717) is 0 Å². The van der Waals surface area contributed by atoms with Gasteiger partial charge in [0.05, 0.1) is 10.6 Å². The van der Waals surface area contributed by atoms with Gasteiger partial charge in [0.15, 0.2) is 0 Å². The van der Waals surface area contributed by atoms with Crippen molar-refractivity contribution in [3.63, 3.8) is 0 Å². The number of phenolic OH excluding ortho intramolecular Hbond substituents is 1. The van der Waals surface area contributed by atoms with Crippen LogP contribution in [0.5, 0.6) is 5.75 Å². The van der Waals surface area contributed by atoms with Gasteiger partial charge in [-0.05, 0) is 6.07 Å². The maximum atomic E-state index is 10.1. The molecule has 6 heteroatoms. The Balaban J connectivity index is 0.00000121. The summed E-state index contributed by atoms with van der Waals surface area (Å²) in [6, 6.07) is 3.48. The van der Waals surface area contributed by atoms with Crippen LogP contribution in [-0.4, -0.2) is 28.9 Å². The third-order valence-corrected chi connectivity index (χ3v) is 1.22. The molecule has 0 saturated heterocycles. The number of nitrogen functional groups attached to an aromatic ring is 1. The number of benzene rings is 1. The first-order valence-electron chi connectivity index (χ1n) is 2.84. The average molecular weight is 162 g/mol. The molecule has 0 spiro atoms. The van der Waals surface area contributed by atoms with Crippen LogP contribution in [0.15, 0.2) is 18.2 Å². The molecule has 0 atom stereocenters. The van der Waals surface area contributed by atoms with E-state index >= 15 is 0 Å². The second-order valence-corrected chi connectivity index (χ2v) is 2.00. The van der Waals surface area contributed by atoms with Gasteiger partial charge in [-0.25, -0.2) is 0 Å². The molecule has 60 valence electrons. The summed E-state index contributed by atoms with van der Waals surface area (Å²) in [5, 5.41) is 19.0. The molecule has 0 bridgehead atoms. The quantitative estimate of drug-likeness (QED) is 0.203. The molecule has 3 N–H and O–H groups in total. The number of hydrogen-bond donors (Lipinski definition) is 2. The predicted octanol–water partition coefficient (Wildman–Crippen LogP) is 0.234. The molecule has 1 aromatic carbocycles. The summed E-state index contributed by atoms with van der Waals surface area (Å²) in [6.45, 7) is 0. The molecule has 0 radical (unpaired) electrons. The second-order valence-electron chi connectivity index (χ2n) is 2.00. The third kappa shape index (κ3) is 2.15. The van der Waals surface area contributed by atoms with E-state index in [1.54, 1.807) is 0 Å². The number of anilines is 1. The molecule has 0 unspecified atom stereocenters. The van der Waals surface area contributed by atoms with Gasteiger partial charge in [0.1, 0.15) is 5.75 Å². The number of nitrogens with two attached hydrogens (primary N) is 1. The van der Waals surface area contributed by atoms with Gasteiger partial charge in [-0.3, -0.25) is 10.1 Å². The van der Waals surface area contributed by atoms with Gasteiger partial charge < -0.3 is 10.8 Å². The van der Waals surface area contributed by atoms with Crippen molar-refractivity contribution in [2.24, 2.45) is 0 Å². The summed E-state index contributed by atoms with van der Waals surface area (Å²) in [5.41, 5.74) is 5.09. The topological polar surface area (TPSA) is 89.4 Å². The monoisotopic (exact) mass is 162 g/mol. The second kappa shape index (κ2) is 4.00. The van der Waals surface area contributed by atoms with Crippen LogP contribution in [-0.2, 0) is 0 Å². The summed E-state index contributed by atoms with van der Waals surface area (Å²) in [6.07, 6.45) is 0. The molecule has 0 aliphatic carbocycles. The molecule has 0 fully saturated rings. The number of rotatable bonds is 1. The Labute approximate surface area is 80.5 Å². The molecule has 0 saturated carbocycles. The van der Waals surface area contributed by atoms with Crippen LogP contribution in [0, 0.1) is 10.1 Å². The van der Waals surface area contributed by atoms with E-state index in [2.05, 4.69) is 0 Å². The number of nitro benzene ring substituents is 1. The standard InChI is InChI=1S/C6H6N2O3.Li.H/c7-5-3-4(8(10)11)1-2-6(5)9;;/h1-3,9H,7H2;;. The van der Waals surface area contributed by atoms with E-state index < -0.39 is 4.92 Å². The first-order chi connectivity index (χ1) is 5.11. The normalized spacial score (nSPS) is 8.67. The fourth-order valence-electron chi connectivity index (χ4n) is 0.655. The minimum absolute atomic E-state index is 0. The Morgan fingerprint density at radius 3 is 2.50 bits per heavy atom. The first kappa shape index (κ1) is 10.8. The van der Waals surface area contributed by atoms with Gasteiger partial charge >= 0.3 is 18.9 Å². The van der Waals surface area contributed by atoms with Crippen LogP contribution in [0.3, 0.4) is 0 Å². The Morgan fingerprint density at radius 1 is 1.50 bits per heavy atom. The Bertz CT molecular complexity index is 303. The fourth-order valence-corrected chi connectivity index (χ4v) is 0.655. The maximum absolute atomic E-state index is 10.1. The van der Waals surface area contributed by atoms with Gasteiger partial charge in [-0.15, -0.1) is 0 Å². The molecule has 1 rings (SSSR count). The average Bonchev–Trinajstić information content (AvgIpc) is 1.94. The molecule has 0 aliphatic heterocycles. The van der Waals surface area contributed by atoms with Crippen molar-refractivity contribution in [1.29, 1.82) is 0 Å². The Hall–Kier alpha value is -1.18. The van der Waals surface area contributed by atoms with E-state index in [1.807, 2.05) is 0 Å². The molecule has 0 aliphatic rings. The van der Waals surface area contributed by atoms with Crippen molar-refractivity contribution in [3.05, 3.63) is 28.3 Å². The number of nitrogens with zero attached hydrogens (tertiary/aromatic N) is 1. The molecule has 0 aromatic heterocycles. The van der Waals surface area contributed by atoms with E-state index in [9.17, 15) is 10.1 Å². The predicted molar refractivity (Wildman–Crippen MR) is 46.3 cm³/mol. The number of phenols is 1. The van der Waals surface area contributed by atoms with Crippen LogP contribution in [0.1, 0.15) is 0 Å². The molecule has 0 heterocycles. The third-order valence-electron chi connectivity index (χ3n) is 1.22. The number of nitro groups is 1. The van der Waals surface area contributed by atoms with Crippen molar-refractivity contribution >= 4 is 30.2 Å². The SMILES string of the molecule is Nc1cc([N+](=O)[O-])ccc1O.[LiH]. The number of non-ortho nitro benzene ring substituents is 1. The summed E-state index contributed by atoms with van der Waals surface area (Å²) in [4.78, 5) is 9.56. The molecule has 0 amide bonds. The zero-order chi connectivity index (χ0) is 8.43. The minimum atomic E-state index is -0.574. The summed E-state index contributed by atoms with van der Waals surface area (Å²) >= 11 is 0. The van der Waals surface area contributed by atoms with E-state index in [0.717, 1.165) is 6.07 Å². The molecule has 1 aromatic rings. The zero-order valence-electron chi connectivity index (χ0n) is 5.52. The van der Waals surface area contributed by atoms with Gasteiger partial charge in [-0.1, -0.05) is 0 Å². The van der Waals surface area contributed by atoms with Crippen molar-refractivity contribution in [2.45, 2.75) is 0 Å². The molecular weight excluding hydrogens is 155 g/mol. The van der Waals surface area contributed by atoms with E-state index in [4.69, 9.17) is 10.8 Å². The zero-order valence-corrected chi connectivity index (χ0v) is 5.52. The van der Waals surface area contributed by atoms with Crippen LogP contribution < -0.4 is 5.73 Å². The Kier molecular flexibility index (Phi) is 3.60. The van der Waals surface area contributed by atoms with Crippen molar-refractivity contribution in [3.8, 4) is 5.75 Å². The number of aromatic hydroxyl groups is 1. The molecular formula is C6H7LiN2O3. The van der Waals surface area contributed by atoms with Gasteiger partial charge in [-0.2, -0.15) is 0 Å². The van der Waals surface area contributed by atoms with Crippen molar-refractivity contribution in [2.75, 3.05) is 5.73 Å². The fraction of sp³-hybridized carbons (Fsp3) is 0. The molecule has 12 heavy (non-hydrogen) atoms. The van der Waals surface area contributed by atoms with Crippen LogP contribution in [0.25, 0.3) is 0 Å². The van der Waals surface area contributed by atoms with Crippen molar-refractivity contribution in [1.82, 2.24) is 0 Å². The van der Waals surface area contributed by atoms with Crippen LogP contribution >= 0.6 is 0 Å². The summed E-state index contributed by atoms with van der Waals surface area (Å²) in [5.74, 6) is -0.143. The van der Waals surface area contributed by atoms with E-state index in [-0.39, 0.29) is 36.0 Å². The summed E-state index contributed by atoms with van der Waals surface area (Å²) in [7, 11) is 0. The molecule has 5 nitrogen and oxygen atoms in total. The van der Waals surface area contributed by atoms with E-state index in [1.165, 1.54) is 12.1 Å². The Morgan fingerprint density at radius 2 is 2.08 bits per heavy atom. The van der Waals surface area contributed by atoms with Crippen LogP contribution in [0.4, 0.5) is 11.4 Å². The first-order valence-corrected chi connectivity index (χ1v) is 2.84. The summed E-state index contributed by atoms with van der Waals surface area (Å²) < 4.78 is 0. The van der Waals surface area contributed by atoms with Crippen LogP contribution in [0.2, 0.25) is 0 Å². The van der Waals surface area contributed by atoms with Crippen molar-refractivity contribution < 1.29 is 10.0 Å². The van der Waals surface area contributed by atoms with Gasteiger partial charge in [0.25, 0.3) is 5.69 Å². The van der Waals surface area contributed by atoms with Gasteiger partial charge in [0.2, 0.25) is 0 Å². The van der Waals surface area contributed by atoms with Gasteiger partial charge in [0, 0.05) is 12.1 Å². The number of hydrogen-bond acceptors (Lipinski definition) is 4.